The SMILES string of the molecule is c1ccc(CN2CC3(CCCCCC3)OB2c2ccc3ccccc3c2-c2c(-c3ccccc3)ccc3ccccc23)cc1. The zero-order valence-corrected chi connectivity index (χ0v) is 25.3. The molecule has 0 atom stereocenters. The van der Waals surface area contributed by atoms with Crippen molar-refractivity contribution in [3.8, 4) is 22.3 Å². The first kappa shape index (κ1) is 27.4. The lowest BCUT2D eigenvalue weighted by Crippen LogP contribution is -2.45. The molecule has 0 radical (unpaired) electrons. The molecule has 1 spiro atoms. The van der Waals surface area contributed by atoms with Crippen molar-refractivity contribution in [3.63, 3.8) is 0 Å². The highest BCUT2D eigenvalue weighted by Gasteiger charge is 2.49. The van der Waals surface area contributed by atoms with Crippen LogP contribution in [0.1, 0.15) is 44.1 Å². The van der Waals surface area contributed by atoms with Crippen LogP contribution in [0, 0.1) is 0 Å². The fraction of sp³-hybridized carbons (Fsp3) is 0.220. The van der Waals surface area contributed by atoms with Crippen molar-refractivity contribution in [1.82, 2.24) is 4.81 Å². The molecule has 0 amide bonds. The molecule has 6 aromatic carbocycles. The quantitative estimate of drug-likeness (QED) is 0.191. The standard InChI is InChI=1S/C41H38BNO/c1-2-14-28-41(27-13-1)30-43(29-31-15-5-3-6-16-31)42(44-41)38-26-24-34-20-10-12-22-36(34)40(38)39-35-21-11-9-19-33(35)23-25-37(39)32-17-7-4-8-18-32/h3-12,15-26H,1-2,13-14,27-30H2. The Hall–Kier alpha value is -4.18. The molecule has 2 nitrogen and oxygen atoms in total. The molecule has 44 heavy (non-hydrogen) atoms. The topological polar surface area (TPSA) is 12.5 Å². The number of benzene rings is 6. The van der Waals surface area contributed by atoms with Crippen molar-refractivity contribution >= 4 is 34.1 Å². The van der Waals surface area contributed by atoms with Crippen molar-refractivity contribution in [2.45, 2.75) is 50.7 Å². The van der Waals surface area contributed by atoms with E-state index in [1.165, 1.54) is 80.5 Å². The summed E-state index contributed by atoms with van der Waals surface area (Å²) in [6.07, 6.45) is 7.40. The monoisotopic (exact) mass is 571 g/mol. The summed E-state index contributed by atoms with van der Waals surface area (Å²) in [6.45, 7) is 1.85. The van der Waals surface area contributed by atoms with E-state index < -0.39 is 0 Å². The van der Waals surface area contributed by atoms with Crippen LogP contribution in [0.15, 0.2) is 133 Å². The Bertz CT molecular complexity index is 1910. The van der Waals surface area contributed by atoms with Crippen LogP contribution < -0.4 is 5.46 Å². The van der Waals surface area contributed by atoms with E-state index in [0.29, 0.717) is 0 Å². The van der Waals surface area contributed by atoms with E-state index in [1.807, 2.05) is 0 Å². The summed E-state index contributed by atoms with van der Waals surface area (Å²) in [5.74, 6) is 0. The summed E-state index contributed by atoms with van der Waals surface area (Å²) in [7, 11) is -0.129. The largest absolute Gasteiger partial charge is 0.420 e. The minimum Gasteiger partial charge on any atom is -0.411 e. The van der Waals surface area contributed by atoms with E-state index in [9.17, 15) is 0 Å². The third-order valence-corrected chi connectivity index (χ3v) is 9.92. The van der Waals surface area contributed by atoms with Crippen molar-refractivity contribution < 1.29 is 4.65 Å². The highest BCUT2D eigenvalue weighted by atomic mass is 16.5. The molecule has 8 rings (SSSR count). The van der Waals surface area contributed by atoms with Crippen LogP contribution in [-0.4, -0.2) is 24.0 Å². The van der Waals surface area contributed by atoms with Crippen LogP contribution in [0.4, 0.5) is 0 Å². The second kappa shape index (κ2) is 11.7. The lowest BCUT2D eigenvalue weighted by molar-refractivity contribution is 0.0815. The number of hydrogen-bond acceptors (Lipinski definition) is 2. The van der Waals surface area contributed by atoms with Crippen LogP contribution in [-0.2, 0) is 11.2 Å². The third kappa shape index (κ3) is 5.05. The van der Waals surface area contributed by atoms with Crippen molar-refractivity contribution in [3.05, 3.63) is 139 Å². The summed E-state index contributed by atoms with van der Waals surface area (Å²) in [5, 5.41) is 5.08. The first-order valence-corrected chi connectivity index (χ1v) is 16.3. The van der Waals surface area contributed by atoms with Crippen molar-refractivity contribution in [2.75, 3.05) is 6.54 Å². The molecule has 1 aliphatic heterocycles. The molecule has 0 unspecified atom stereocenters. The van der Waals surface area contributed by atoms with Gasteiger partial charge in [0, 0.05) is 13.1 Å². The van der Waals surface area contributed by atoms with E-state index in [-0.39, 0.29) is 12.7 Å². The van der Waals surface area contributed by atoms with Gasteiger partial charge in [-0.05, 0) is 67.7 Å². The maximum absolute atomic E-state index is 7.44. The molecular weight excluding hydrogens is 533 g/mol. The molecule has 1 saturated heterocycles. The molecule has 2 fully saturated rings. The van der Waals surface area contributed by atoms with Crippen molar-refractivity contribution in [2.24, 2.45) is 0 Å². The van der Waals surface area contributed by atoms with Gasteiger partial charge in [-0.1, -0.05) is 159 Å². The van der Waals surface area contributed by atoms with Gasteiger partial charge < -0.3 is 9.47 Å². The molecule has 0 aromatic heterocycles. The van der Waals surface area contributed by atoms with Gasteiger partial charge in [-0.3, -0.25) is 0 Å². The average molecular weight is 572 g/mol. The molecule has 1 heterocycles. The molecule has 0 bridgehead atoms. The normalized spacial score (nSPS) is 17.0. The summed E-state index contributed by atoms with van der Waals surface area (Å²) < 4.78 is 7.44. The van der Waals surface area contributed by atoms with Gasteiger partial charge >= 0.3 is 7.05 Å². The van der Waals surface area contributed by atoms with E-state index in [2.05, 4.69) is 138 Å². The van der Waals surface area contributed by atoms with Gasteiger partial charge in [0.15, 0.2) is 0 Å². The zero-order valence-electron chi connectivity index (χ0n) is 25.3. The average Bonchev–Trinajstić information content (AvgIpc) is 3.26. The number of nitrogens with zero attached hydrogens (tertiary/aromatic N) is 1. The van der Waals surface area contributed by atoms with Gasteiger partial charge in [-0.25, -0.2) is 0 Å². The molecule has 6 aromatic rings. The molecule has 3 heteroatoms. The van der Waals surface area contributed by atoms with Gasteiger partial charge in [0.05, 0.1) is 5.60 Å². The molecule has 1 saturated carbocycles. The smallest absolute Gasteiger partial charge is 0.411 e. The summed E-state index contributed by atoms with van der Waals surface area (Å²) in [4.78, 5) is 2.63. The van der Waals surface area contributed by atoms with Gasteiger partial charge in [0.1, 0.15) is 0 Å². The summed E-state index contributed by atoms with van der Waals surface area (Å²) >= 11 is 0. The van der Waals surface area contributed by atoms with Crippen LogP contribution in [0.2, 0.25) is 0 Å². The van der Waals surface area contributed by atoms with Gasteiger partial charge in [0.2, 0.25) is 0 Å². The number of hydrogen-bond donors (Lipinski definition) is 0. The van der Waals surface area contributed by atoms with Gasteiger partial charge in [-0.2, -0.15) is 0 Å². The lowest BCUT2D eigenvalue weighted by Gasteiger charge is -2.28. The minimum atomic E-state index is -0.129. The van der Waals surface area contributed by atoms with Crippen LogP contribution in [0.25, 0.3) is 43.8 Å². The predicted octanol–water partition coefficient (Wildman–Crippen LogP) is 9.65. The van der Waals surface area contributed by atoms with Gasteiger partial charge in [-0.15, -0.1) is 0 Å². The molecule has 0 N–H and O–H groups in total. The molecule has 2 aliphatic rings. The van der Waals surface area contributed by atoms with E-state index in [4.69, 9.17) is 4.65 Å². The maximum atomic E-state index is 7.44. The second-order valence-corrected chi connectivity index (χ2v) is 12.8. The molecule has 1 aliphatic carbocycles. The highest BCUT2D eigenvalue weighted by molar-refractivity contribution is 6.67. The van der Waals surface area contributed by atoms with Crippen LogP contribution >= 0.6 is 0 Å². The lowest BCUT2D eigenvalue weighted by atomic mass is 9.66. The van der Waals surface area contributed by atoms with Crippen molar-refractivity contribution in [1.29, 1.82) is 0 Å². The Morgan fingerprint density at radius 2 is 1.16 bits per heavy atom. The highest BCUT2D eigenvalue weighted by Crippen LogP contribution is 2.43. The van der Waals surface area contributed by atoms with Crippen LogP contribution in [0.3, 0.4) is 0 Å². The minimum absolute atomic E-state index is 0.0973. The van der Waals surface area contributed by atoms with Crippen LogP contribution in [0.5, 0.6) is 0 Å². The zero-order chi connectivity index (χ0) is 29.3. The first-order chi connectivity index (χ1) is 21.8. The number of fused-ring (bicyclic) bond motifs is 2. The Kier molecular flexibility index (Phi) is 7.30. The maximum Gasteiger partial charge on any atom is 0.420 e. The molecule has 216 valence electrons. The summed E-state index contributed by atoms with van der Waals surface area (Å²) in [6, 6.07) is 48.9. The Morgan fingerprint density at radius 1 is 0.568 bits per heavy atom. The third-order valence-electron chi connectivity index (χ3n) is 9.92. The van der Waals surface area contributed by atoms with E-state index in [1.54, 1.807) is 0 Å². The Balaban J connectivity index is 1.39. The fourth-order valence-electron chi connectivity index (χ4n) is 7.84. The van der Waals surface area contributed by atoms with E-state index in [0.717, 1.165) is 25.9 Å². The molecular formula is C41H38BNO. The van der Waals surface area contributed by atoms with E-state index >= 15 is 0 Å². The summed E-state index contributed by atoms with van der Waals surface area (Å²) in [5.41, 5.74) is 7.61. The predicted molar refractivity (Wildman–Crippen MR) is 186 cm³/mol. The fourth-order valence-corrected chi connectivity index (χ4v) is 7.84. The first-order valence-electron chi connectivity index (χ1n) is 16.3. The Labute approximate surface area is 261 Å². The second-order valence-electron chi connectivity index (χ2n) is 12.8. The number of rotatable bonds is 5. The van der Waals surface area contributed by atoms with Gasteiger partial charge in [0.25, 0.3) is 0 Å². The Morgan fingerprint density at radius 3 is 1.86 bits per heavy atom.